The minimum Gasteiger partial charge on any atom is -0.377 e. The number of ether oxygens (including phenoxy) is 1. The summed E-state index contributed by atoms with van der Waals surface area (Å²) in [5.41, 5.74) is 5.70. The topological polar surface area (TPSA) is 105 Å². The van der Waals surface area contributed by atoms with Crippen molar-refractivity contribution in [3.8, 4) is 0 Å². The number of hydrogen-bond acceptors (Lipinski definition) is 7. The Morgan fingerprint density at radius 1 is 1.60 bits per heavy atom. The van der Waals surface area contributed by atoms with E-state index in [-0.39, 0.29) is 11.9 Å². The van der Waals surface area contributed by atoms with Gasteiger partial charge in [0.1, 0.15) is 17.7 Å². The Morgan fingerprint density at radius 3 is 3.10 bits per heavy atom. The van der Waals surface area contributed by atoms with Gasteiger partial charge in [-0.2, -0.15) is 9.97 Å². The maximum Gasteiger partial charge on any atom is 0.245 e. The third-order valence-corrected chi connectivity index (χ3v) is 3.06. The summed E-state index contributed by atoms with van der Waals surface area (Å²) in [6, 6.07) is 1.37. The molecule has 1 aliphatic heterocycles. The highest BCUT2D eigenvalue weighted by Gasteiger charge is 2.30. The van der Waals surface area contributed by atoms with Crippen LogP contribution in [0.2, 0.25) is 0 Å². The van der Waals surface area contributed by atoms with E-state index in [4.69, 9.17) is 10.5 Å². The fraction of sp³-hybridized carbons (Fsp3) is 0.583. The highest BCUT2D eigenvalue weighted by molar-refractivity contribution is 5.85. The van der Waals surface area contributed by atoms with Crippen molar-refractivity contribution in [2.24, 2.45) is 0 Å². The Hall–Kier alpha value is -2.09. The van der Waals surface area contributed by atoms with Gasteiger partial charge in [-0.05, 0) is 6.92 Å². The molecule has 1 aromatic rings. The van der Waals surface area contributed by atoms with E-state index in [1.807, 2.05) is 11.8 Å². The summed E-state index contributed by atoms with van der Waals surface area (Å²) in [7, 11) is 1.76. The van der Waals surface area contributed by atoms with Gasteiger partial charge in [0.15, 0.2) is 0 Å². The van der Waals surface area contributed by atoms with Crippen molar-refractivity contribution in [2.45, 2.75) is 13.0 Å². The molecule has 0 aliphatic carbocycles. The molecule has 1 atom stereocenters. The zero-order chi connectivity index (χ0) is 14.5. The van der Waals surface area contributed by atoms with E-state index in [1.54, 1.807) is 13.1 Å². The smallest absolute Gasteiger partial charge is 0.245 e. The van der Waals surface area contributed by atoms with Gasteiger partial charge in [-0.1, -0.05) is 0 Å². The van der Waals surface area contributed by atoms with E-state index in [0.717, 1.165) is 0 Å². The zero-order valence-electron chi connectivity index (χ0n) is 11.7. The minimum atomic E-state index is -0.400. The molecule has 1 amide bonds. The number of hydrogen-bond donors (Lipinski definition) is 3. The van der Waals surface area contributed by atoms with Gasteiger partial charge in [-0.25, -0.2) is 0 Å². The molecule has 1 fully saturated rings. The number of nitrogens with zero attached hydrogens (tertiary/aromatic N) is 3. The van der Waals surface area contributed by atoms with Gasteiger partial charge in [0.2, 0.25) is 11.9 Å². The van der Waals surface area contributed by atoms with Crippen molar-refractivity contribution >= 4 is 23.5 Å². The highest BCUT2D eigenvalue weighted by Crippen LogP contribution is 2.21. The molecule has 2 rings (SSSR count). The van der Waals surface area contributed by atoms with Gasteiger partial charge in [-0.15, -0.1) is 0 Å². The molecular weight excluding hydrogens is 260 g/mol. The average Bonchev–Trinajstić information content (AvgIpc) is 2.46. The number of anilines is 3. The first-order valence-corrected chi connectivity index (χ1v) is 6.60. The van der Waals surface area contributed by atoms with Crippen LogP contribution < -0.4 is 21.3 Å². The fourth-order valence-electron chi connectivity index (χ4n) is 2.11. The van der Waals surface area contributed by atoms with Gasteiger partial charge in [0.25, 0.3) is 0 Å². The average molecular weight is 280 g/mol. The standard InChI is InChI=1S/C12H20N6O2/c1-3-15-11(19)8-7-20-5-4-18(8)10-6-9(14-2)16-12(13)17-10/h6,8H,3-5,7H2,1-2H3,(H,15,19)(H3,13,14,16,17). The molecule has 1 aliphatic rings. The summed E-state index contributed by atoms with van der Waals surface area (Å²) >= 11 is 0. The number of rotatable bonds is 4. The molecule has 0 aromatic carbocycles. The molecule has 1 saturated heterocycles. The SMILES string of the molecule is CCNC(=O)C1COCCN1c1cc(NC)nc(N)n1. The van der Waals surface area contributed by atoms with Gasteiger partial charge >= 0.3 is 0 Å². The lowest BCUT2D eigenvalue weighted by molar-refractivity contribution is -0.124. The lowest BCUT2D eigenvalue weighted by Gasteiger charge is -2.35. The third kappa shape index (κ3) is 3.08. The lowest BCUT2D eigenvalue weighted by Crippen LogP contribution is -2.54. The Morgan fingerprint density at radius 2 is 2.40 bits per heavy atom. The summed E-state index contributed by atoms with van der Waals surface area (Å²) in [6.07, 6.45) is 0. The van der Waals surface area contributed by atoms with Crippen LogP contribution in [0.1, 0.15) is 6.92 Å². The van der Waals surface area contributed by atoms with Crippen molar-refractivity contribution in [3.63, 3.8) is 0 Å². The Kier molecular flexibility index (Phi) is 4.57. The van der Waals surface area contributed by atoms with Gasteiger partial charge in [0.05, 0.1) is 13.2 Å². The van der Waals surface area contributed by atoms with E-state index < -0.39 is 6.04 Å². The maximum absolute atomic E-state index is 12.1. The normalized spacial score (nSPS) is 18.7. The first kappa shape index (κ1) is 14.3. The first-order chi connectivity index (χ1) is 9.65. The second-order valence-electron chi connectivity index (χ2n) is 4.40. The second kappa shape index (κ2) is 6.38. The van der Waals surface area contributed by atoms with Gasteiger partial charge < -0.3 is 26.0 Å². The number of carbonyl (C=O) groups excluding carboxylic acids is 1. The van der Waals surface area contributed by atoms with Gasteiger partial charge in [-0.3, -0.25) is 4.79 Å². The molecular formula is C12H20N6O2. The quantitative estimate of drug-likeness (QED) is 0.679. The Balaban J connectivity index is 2.27. The molecule has 8 heteroatoms. The van der Waals surface area contributed by atoms with E-state index >= 15 is 0 Å². The molecule has 1 aromatic heterocycles. The van der Waals surface area contributed by atoms with Crippen molar-refractivity contribution in [3.05, 3.63) is 6.07 Å². The van der Waals surface area contributed by atoms with Crippen LogP contribution in [-0.4, -0.2) is 55.3 Å². The van der Waals surface area contributed by atoms with Crippen LogP contribution in [0.25, 0.3) is 0 Å². The highest BCUT2D eigenvalue weighted by atomic mass is 16.5. The molecule has 2 heterocycles. The van der Waals surface area contributed by atoms with Gasteiger partial charge in [0, 0.05) is 26.2 Å². The Labute approximate surface area is 117 Å². The van der Waals surface area contributed by atoms with Crippen LogP contribution >= 0.6 is 0 Å². The predicted octanol–water partition coefficient (Wildman–Crippen LogP) is -0.558. The monoisotopic (exact) mass is 280 g/mol. The molecule has 0 spiro atoms. The molecule has 8 nitrogen and oxygen atoms in total. The number of nitrogen functional groups attached to an aromatic ring is 1. The number of nitrogens with one attached hydrogen (secondary N) is 2. The number of aromatic nitrogens is 2. The van der Waals surface area contributed by atoms with Crippen molar-refractivity contribution in [1.82, 2.24) is 15.3 Å². The van der Waals surface area contributed by atoms with E-state index in [9.17, 15) is 4.79 Å². The number of morpholine rings is 1. The number of likely N-dealkylation sites (N-methyl/N-ethyl adjacent to an activating group) is 1. The predicted molar refractivity (Wildman–Crippen MR) is 76.6 cm³/mol. The molecule has 110 valence electrons. The van der Waals surface area contributed by atoms with Crippen LogP contribution in [-0.2, 0) is 9.53 Å². The Bertz CT molecular complexity index is 481. The molecule has 0 bridgehead atoms. The molecule has 0 saturated carbocycles. The summed E-state index contributed by atoms with van der Waals surface area (Å²) in [6.45, 7) is 3.94. The second-order valence-corrected chi connectivity index (χ2v) is 4.40. The molecule has 0 radical (unpaired) electrons. The van der Waals surface area contributed by atoms with E-state index in [0.29, 0.717) is 37.9 Å². The van der Waals surface area contributed by atoms with Crippen LogP contribution in [0.5, 0.6) is 0 Å². The van der Waals surface area contributed by atoms with Crippen molar-refractivity contribution in [2.75, 3.05) is 49.3 Å². The third-order valence-electron chi connectivity index (χ3n) is 3.06. The largest absolute Gasteiger partial charge is 0.377 e. The fourth-order valence-corrected chi connectivity index (χ4v) is 2.11. The zero-order valence-corrected chi connectivity index (χ0v) is 11.7. The first-order valence-electron chi connectivity index (χ1n) is 6.60. The van der Waals surface area contributed by atoms with Crippen LogP contribution in [0, 0.1) is 0 Å². The lowest BCUT2D eigenvalue weighted by atomic mass is 10.2. The molecule has 1 unspecified atom stereocenters. The van der Waals surface area contributed by atoms with Crippen LogP contribution in [0.3, 0.4) is 0 Å². The number of amides is 1. The van der Waals surface area contributed by atoms with E-state index in [1.165, 1.54) is 0 Å². The van der Waals surface area contributed by atoms with Crippen molar-refractivity contribution < 1.29 is 9.53 Å². The summed E-state index contributed by atoms with van der Waals surface area (Å²) in [5, 5.41) is 5.73. The van der Waals surface area contributed by atoms with Crippen LogP contribution in [0.4, 0.5) is 17.6 Å². The summed E-state index contributed by atoms with van der Waals surface area (Å²) in [4.78, 5) is 22.3. The van der Waals surface area contributed by atoms with Crippen molar-refractivity contribution in [1.29, 1.82) is 0 Å². The molecule has 20 heavy (non-hydrogen) atoms. The van der Waals surface area contributed by atoms with E-state index in [2.05, 4.69) is 20.6 Å². The minimum absolute atomic E-state index is 0.0737. The maximum atomic E-state index is 12.1. The number of nitrogens with two attached hydrogens (primary N) is 1. The van der Waals surface area contributed by atoms with Crippen LogP contribution in [0.15, 0.2) is 6.07 Å². The number of carbonyl (C=O) groups is 1. The molecule has 4 N–H and O–H groups in total. The summed E-state index contributed by atoms with van der Waals surface area (Å²) < 4.78 is 5.40. The summed E-state index contributed by atoms with van der Waals surface area (Å²) in [5.74, 6) is 1.35.